The summed E-state index contributed by atoms with van der Waals surface area (Å²) in [6.07, 6.45) is 1.43. The minimum absolute atomic E-state index is 0.627. The summed E-state index contributed by atoms with van der Waals surface area (Å²) in [6.45, 7) is 0. The number of nitrogens with zero attached hydrogens (tertiary/aromatic N) is 2. The van der Waals surface area contributed by atoms with Gasteiger partial charge in [-0.3, -0.25) is 0 Å². The molecule has 2 aliphatic heterocycles. The summed E-state index contributed by atoms with van der Waals surface area (Å²) in [6, 6.07) is 93.0. The van der Waals surface area contributed by atoms with E-state index >= 15 is 0 Å². The Labute approximate surface area is 424 Å². The van der Waals surface area contributed by atoms with Crippen LogP contribution in [0.1, 0.15) is 44.5 Å². The standard InChI is InChI=1S/C69H46N2O2/c1-2-21-49(22-3-1)71-63-29-13-9-25-56(63)58-43-51(37-39-64(58)71)70(50-35-34-46-41-48-20-6-15-31-66(48)72-65-30-14-5-19-47(65)40-45-18-4-7-23-53(45)57(46)42-50)52-36-38-55-54-24-8-10-26-59(54)69(62(55)44-52)60-27-11-16-32-67(60)73-68-33-17-12-28-61(68)69/h1-39,42-44H,40-41H2. The quantitative estimate of drug-likeness (QED) is 0.176. The Bertz CT molecular complexity index is 4140. The zero-order valence-electron chi connectivity index (χ0n) is 39.9. The second-order valence-corrected chi connectivity index (χ2v) is 19.5. The van der Waals surface area contributed by atoms with E-state index in [-0.39, 0.29) is 0 Å². The first-order valence-electron chi connectivity index (χ1n) is 25.2. The lowest BCUT2D eigenvalue weighted by Crippen LogP contribution is -2.32. The fourth-order valence-corrected chi connectivity index (χ4v) is 12.5. The van der Waals surface area contributed by atoms with Gasteiger partial charge in [0, 0.05) is 57.5 Å². The van der Waals surface area contributed by atoms with Crippen molar-refractivity contribution in [1.82, 2.24) is 4.57 Å². The van der Waals surface area contributed by atoms with Crippen molar-refractivity contribution in [2.24, 2.45) is 0 Å². The van der Waals surface area contributed by atoms with Crippen molar-refractivity contribution in [2.75, 3.05) is 4.90 Å². The van der Waals surface area contributed by atoms with Gasteiger partial charge in [-0.1, -0.05) is 170 Å². The van der Waals surface area contributed by atoms with Crippen molar-refractivity contribution in [1.29, 1.82) is 0 Å². The van der Waals surface area contributed by atoms with Crippen LogP contribution < -0.4 is 14.4 Å². The van der Waals surface area contributed by atoms with Crippen LogP contribution in [0.25, 0.3) is 49.7 Å². The summed E-state index contributed by atoms with van der Waals surface area (Å²) >= 11 is 0. The SMILES string of the molecule is c1ccc(-n2c3ccccc3c3cc(N(c4ccc5c(c4)-c4ccccc4Cc4ccccc4Oc4ccccc4C5)c4ccc5c(c4)C4(c6ccccc6Oc6ccccc64)c4ccccc4-5)ccc32)cc1. The number of rotatable bonds is 4. The monoisotopic (exact) mass is 934 g/mol. The van der Waals surface area contributed by atoms with E-state index in [9.17, 15) is 0 Å². The first kappa shape index (κ1) is 41.4. The Balaban J connectivity index is 1.00. The van der Waals surface area contributed by atoms with Crippen LogP contribution in [0.3, 0.4) is 0 Å². The highest BCUT2D eigenvalue weighted by Gasteiger charge is 2.51. The van der Waals surface area contributed by atoms with E-state index < -0.39 is 5.41 Å². The smallest absolute Gasteiger partial charge is 0.132 e. The van der Waals surface area contributed by atoms with Gasteiger partial charge in [0.2, 0.25) is 0 Å². The number of para-hydroxylation sites is 6. The van der Waals surface area contributed by atoms with Gasteiger partial charge in [0.1, 0.15) is 23.0 Å². The fourth-order valence-electron chi connectivity index (χ4n) is 12.5. The van der Waals surface area contributed by atoms with Crippen LogP contribution in [0.15, 0.2) is 255 Å². The molecule has 1 aliphatic carbocycles. The lowest BCUT2D eigenvalue weighted by atomic mass is 9.66. The van der Waals surface area contributed by atoms with Gasteiger partial charge in [-0.05, 0) is 141 Å². The second kappa shape index (κ2) is 16.3. The molecule has 3 aliphatic rings. The van der Waals surface area contributed by atoms with Gasteiger partial charge in [0.05, 0.1) is 16.4 Å². The Morgan fingerprint density at radius 2 is 0.808 bits per heavy atom. The average molecular weight is 935 g/mol. The molecule has 0 unspecified atom stereocenters. The first-order valence-corrected chi connectivity index (χ1v) is 25.2. The topological polar surface area (TPSA) is 26.6 Å². The lowest BCUT2D eigenvalue weighted by Gasteiger charge is -2.39. The van der Waals surface area contributed by atoms with E-state index in [0.717, 1.165) is 79.9 Å². The summed E-state index contributed by atoms with van der Waals surface area (Å²) in [5, 5.41) is 2.40. The molecule has 4 heteroatoms. The maximum atomic E-state index is 6.81. The van der Waals surface area contributed by atoms with Gasteiger partial charge >= 0.3 is 0 Å². The largest absolute Gasteiger partial charge is 0.457 e. The summed E-state index contributed by atoms with van der Waals surface area (Å²) < 4.78 is 16.0. The molecule has 0 saturated carbocycles. The van der Waals surface area contributed by atoms with E-state index in [1.165, 1.54) is 60.8 Å². The zero-order chi connectivity index (χ0) is 48.0. The average Bonchev–Trinajstić information content (AvgIpc) is 3.98. The molecule has 0 bridgehead atoms. The van der Waals surface area contributed by atoms with Crippen molar-refractivity contribution in [3.63, 3.8) is 0 Å². The molecule has 0 atom stereocenters. The predicted molar refractivity (Wildman–Crippen MR) is 297 cm³/mol. The van der Waals surface area contributed by atoms with E-state index in [2.05, 4.69) is 264 Å². The van der Waals surface area contributed by atoms with E-state index in [0.29, 0.717) is 6.42 Å². The van der Waals surface area contributed by atoms with Crippen LogP contribution in [-0.2, 0) is 18.3 Å². The number of aromatic nitrogens is 1. The molecule has 15 rings (SSSR count). The molecule has 344 valence electrons. The minimum atomic E-state index is -0.627. The van der Waals surface area contributed by atoms with Crippen LogP contribution in [0.5, 0.6) is 23.0 Å². The number of fused-ring (bicyclic) bond motifs is 17. The van der Waals surface area contributed by atoms with E-state index in [4.69, 9.17) is 9.47 Å². The number of hydrogen-bond acceptors (Lipinski definition) is 3. The molecule has 0 fully saturated rings. The lowest BCUT2D eigenvalue weighted by molar-refractivity contribution is 0.436. The Morgan fingerprint density at radius 1 is 0.315 bits per heavy atom. The van der Waals surface area contributed by atoms with Gasteiger partial charge in [-0.15, -0.1) is 0 Å². The zero-order valence-corrected chi connectivity index (χ0v) is 39.9. The number of hydrogen-bond donors (Lipinski definition) is 0. The van der Waals surface area contributed by atoms with Crippen molar-refractivity contribution in [3.8, 4) is 50.9 Å². The maximum absolute atomic E-state index is 6.81. The van der Waals surface area contributed by atoms with Crippen molar-refractivity contribution in [2.45, 2.75) is 18.3 Å². The molecule has 0 amide bonds. The third-order valence-corrected chi connectivity index (χ3v) is 15.6. The summed E-state index contributed by atoms with van der Waals surface area (Å²) in [5.41, 5.74) is 20.5. The van der Waals surface area contributed by atoms with Crippen LogP contribution in [0.4, 0.5) is 17.1 Å². The van der Waals surface area contributed by atoms with E-state index in [1.54, 1.807) is 0 Å². The number of ether oxygens (including phenoxy) is 2. The summed E-state index contributed by atoms with van der Waals surface area (Å²) in [7, 11) is 0. The highest BCUT2D eigenvalue weighted by molar-refractivity contribution is 6.11. The molecule has 1 aromatic heterocycles. The molecule has 3 heterocycles. The predicted octanol–water partition coefficient (Wildman–Crippen LogP) is 17.7. The van der Waals surface area contributed by atoms with Crippen LogP contribution in [-0.4, -0.2) is 4.57 Å². The Hall–Kier alpha value is -9.38. The first-order chi connectivity index (χ1) is 36.2. The molecule has 11 aromatic carbocycles. The van der Waals surface area contributed by atoms with Crippen LogP contribution >= 0.6 is 0 Å². The van der Waals surface area contributed by atoms with Crippen LogP contribution in [0, 0.1) is 0 Å². The minimum Gasteiger partial charge on any atom is -0.457 e. The van der Waals surface area contributed by atoms with Gasteiger partial charge in [0.25, 0.3) is 0 Å². The molecular weight excluding hydrogens is 889 g/mol. The number of benzene rings is 11. The molecule has 12 aromatic rings. The highest BCUT2D eigenvalue weighted by atomic mass is 16.5. The van der Waals surface area contributed by atoms with E-state index in [1.807, 2.05) is 0 Å². The molecule has 1 spiro atoms. The summed E-state index contributed by atoms with van der Waals surface area (Å²) in [5.74, 6) is 3.52. The summed E-state index contributed by atoms with van der Waals surface area (Å²) in [4.78, 5) is 2.49. The van der Waals surface area contributed by atoms with Gasteiger partial charge in [0.15, 0.2) is 0 Å². The molecule has 0 radical (unpaired) electrons. The maximum Gasteiger partial charge on any atom is 0.132 e. The third-order valence-electron chi connectivity index (χ3n) is 15.6. The highest BCUT2D eigenvalue weighted by Crippen LogP contribution is 2.63. The Kier molecular flexibility index (Phi) is 9.27. The molecule has 73 heavy (non-hydrogen) atoms. The van der Waals surface area contributed by atoms with Crippen molar-refractivity contribution in [3.05, 3.63) is 299 Å². The second-order valence-electron chi connectivity index (χ2n) is 19.5. The Morgan fingerprint density at radius 3 is 1.55 bits per heavy atom. The molecule has 4 nitrogen and oxygen atoms in total. The van der Waals surface area contributed by atoms with Gasteiger partial charge in [-0.2, -0.15) is 0 Å². The number of anilines is 3. The van der Waals surface area contributed by atoms with Gasteiger partial charge < -0.3 is 18.9 Å². The fraction of sp³-hybridized carbons (Fsp3) is 0.0435. The third kappa shape index (κ3) is 6.33. The van der Waals surface area contributed by atoms with Crippen molar-refractivity contribution < 1.29 is 9.47 Å². The normalized spacial score (nSPS) is 13.4. The molecular formula is C69H46N2O2. The van der Waals surface area contributed by atoms with Crippen LogP contribution in [0.2, 0.25) is 0 Å². The molecule has 0 saturated heterocycles. The molecule has 0 N–H and O–H groups in total. The van der Waals surface area contributed by atoms with Gasteiger partial charge in [-0.25, -0.2) is 0 Å². The van der Waals surface area contributed by atoms with Crippen molar-refractivity contribution >= 4 is 38.9 Å².